The van der Waals surface area contributed by atoms with Gasteiger partial charge in [-0.15, -0.1) is 0 Å². The third kappa shape index (κ3) is 13.3. The Hall–Kier alpha value is -17.9. The molecule has 0 saturated carbocycles. The van der Waals surface area contributed by atoms with Crippen LogP contribution in [0.2, 0.25) is 0 Å². The average molecular weight is 1670 g/mol. The molecule has 612 valence electrons. The minimum Gasteiger partial charge on any atom is -0.309 e. The van der Waals surface area contributed by atoms with Gasteiger partial charge in [0.2, 0.25) is 0 Å². The number of nitrogens with zero attached hydrogens (tertiary/aromatic N) is 13. The van der Waals surface area contributed by atoms with E-state index in [1.807, 2.05) is 134 Å². The van der Waals surface area contributed by atoms with E-state index >= 15 is 0 Å². The van der Waals surface area contributed by atoms with Crippen LogP contribution in [0.4, 0.5) is 0 Å². The summed E-state index contributed by atoms with van der Waals surface area (Å²) in [7, 11) is 0. The van der Waals surface area contributed by atoms with Crippen LogP contribution >= 0.6 is 0 Å². The van der Waals surface area contributed by atoms with Gasteiger partial charge < -0.3 is 13.7 Å². The number of fused-ring (bicyclic) bond motifs is 15. The molecule has 0 aliphatic heterocycles. The van der Waals surface area contributed by atoms with Gasteiger partial charge in [0, 0.05) is 117 Å². The van der Waals surface area contributed by atoms with Crippen LogP contribution in [-0.4, -0.2) is 62.7 Å². The van der Waals surface area contributed by atoms with Crippen LogP contribution in [0.15, 0.2) is 455 Å². The molecule has 0 amide bonds. The Morgan fingerprint density at radius 1 is 0.130 bits per heavy atom. The lowest BCUT2D eigenvalue weighted by Gasteiger charge is -2.10. The van der Waals surface area contributed by atoms with Gasteiger partial charge in [-0.2, -0.15) is 0 Å². The maximum absolute atomic E-state index is 5.20. The molecule has 0 atom stereocenters. The van der Waals surface area contributed by atoms with E-state index < -0.39 is 0 Å². The Kier molecular flexibility index (Phi) is 18.2. The van der Waals surface area contributed by atoms with Crippen LogP contribution in [0.25, 0.3) is 239 Å². The Morgan fingerprint density at radius 3 is 0.550 bits per heavy atom. The molecule has 131 heavy (non-hydrogen) atoms. The average Bonchev–Trinajstić information content (AvgIpc) is 1.58. The minimum absolute atomic E-state index is 0.561. The summed E-state index contributed by atoms with van der Waals surface area (Å²) in [5.74, 6) is 5.22. The number of hydrogen-bond donors (Lipinski definition) is 0. The standard InChI is InChI=1S/C68H43N7.C50H32N6/c1-5-17-44(18-6-1)66-70-67(45-19-7-2-8-20-45)72-68(71-66)50-33-38-65(69-43-50)75-63-36-31-48(46-29-34-61-55(39-46)53-25-13-15-27-59(53)73(61)51-21-9-3-10-22-51)41-57(63)58-42-49(32-37-64(58)75)47-30-35-62-56(40-47)54-26-14-16-28-60(54)74(62)52-23-11-4-12-24-52;1-4-14-33(15-5-1)48-52-49(34-16-6-2-7-17-34)54-50(53-48)37-26-29-47(51-32-37)56-44-23-13-11-21-40(44)42-31-36(25-28-46(42)56)35-24-27-45-41(30-35)39-20-10-12-22-43(39)55(45)38-18-8-3-9-19-38/h1-43H;1-32H. The van der Waals surface area contributed by atoms with Gasteiger partial charge >= 0.3 is 0 Å². The van der Waals surface area contributed by atoms with Gasteiger partial charge in [-0.3, -0.25) is 9.13 Å². The Morgan fingerprint density at radius 2 is 0.313 bits per heavy atom. The topological polar surface area (TPSA) is 128 Å². The number of pyridine rings is 2. The molecule has 0 saturated heterocycles. The molecule has 9 heterocycles. The third-order valence-corrected chi connectivity index (χ3v) is 25.4. The zero-order chi connectivity index (χ0) is 86.4. The van der Waals surface area contributed by atoms with Gasteiger partial charge in [0.15, 0.2) is 34.9 Å². The maximum Gasteiger partial charge on any atom is 0.165 e. The number of benzene rings is 17. The van der Waals surface area contributed by atoms with Gasteiger partial charge in [-0.25, -0.2) is 39.9 Å². The monoisotopic (exact) mass is 1670 g/mol. The number of rotatable bonds is 14. The summed E-state index contributed by atoms with van der Waals surface area (Å²) in [6.07, 6.45) is 3.75. The summed E-state index contributed by atoms with van der Waals surface area (Å²) in [4.78, 5) is 39.8. The van der Waals surface area contributed by atoms with Crippen molar-refractivity contribution < 1.29 is 0 Å². The second-order valence-corrected chi connectivity index (χ2v) is 33.0. The molecular weight excluding hydrogens is 1600 g/mol. The lowest BCUT2D eigenvalue weighted by molar-refractivity contribution is 1.05. The second kappa shape index (κ2) is 31.6. The normalized spacial score (nSPS) is 11.7. The fraction of sp³-hybridized carbons (Fsp3) is 0. The molecule has 0 radical (unpaired) electrons. The predicted octanol–water partition coefficient (Wildman–Crippen LogP) is 29.0. The van der Waals surface area contributed by atoms with E-state index in [4.69, 9.17) is 39.9 Å². The predicted molar refractivity (Wildman–Crippen MR) is 536 cm³/mol. The van der Waals surface area contributed by atoms with Crippen molar-refractivity contribution in [3.63, 3.8) is 0 Å². The van der Waals surface area contributed by atoms with Gasteiger partial charge in [-0.05, 0) is 191 Å². The van der Waals surface area contributed by atoms with Crippen molar-refractivity contribution in [2.75, 3.05) is 0 Å². The highest BCUT2D eigenvalue weighted by Gasteiger charge is 2.24. The number of hydrogen-bond acceptors (Lipinski definition) is 8. The molecule has 0 N–H and O–H groups in total. The van der Waals surface area contributed by atoms with Crippen LogP contribution < -0.4 is 0 Å². The van der Waals surface area contributed by atoms with Crippen molar-refractivity contribution in [1.82, 2.24) is 62.7 Å². The fourth-order valence-corrected chi connectivity index (χ4v) is 19.2. The first-order chi connectivity index (χ1) is 64.9. The van der Waals surface area contributed by atoms with E-state index in [0.29, 0.717) is 34.9 Å². The van der Waals surface area contributed by atoms with Crippen molar-refractivity contribution in [2.45, 2.75) is 0 Å². The van der Waals surface area contributed by atoms with Crippen LogP contribution in [0.1, 0.15) is 0 Å². The van der Waals surface area contributed by atoms with Crippen molar-refractivity contribution in [3.8, 4) is 130 Å². The molecule has 13 nitrogen and oxygen atoms in total. The first kappa shape index (κ1) is 75.6. The van der Waals surface area contributed by atoms with E-state index in [1.54, 1.807) is 0 Å². The van der Waals surface area contributed by atoms with E-state index in [9.17, 15) is 0 Å². The van der Waals surface area contributed by atoms with Crippen molar-refractivity contribution in [1.29, 1.82) is 0 Å². The number of para-hydroxylation sites is 7. The zero-order valence-corrected chi connectivity index (χ0v) is 70.6. The molecule has 9 aromatic heterocycles. The van der Waals surface area contributed by atoms with E-state index in [-0.39, 0.29) is 0 Å². The lowest BCUT2D eigenvalue weighted by Crippen LogP contribution is -2.01. The molecule has 0 fully saturated rings. The van der Waals surface area contributed by atoms with Crippen LogP contribution in [0.3, 0.4) is 0 Å². The first-order valence-corrected chi connectivity index (χ1v) is 44.0. The highest BCUT2D eigenvalue weighted by Crippen LogP contribution is 2.44. The van der Waals surface area contributed by atoms with Gasteiger partial charge in [-0.1, -0.05) is 285 Å². The van der Waals surface area contributed by atoms with Crippen molar-refractivity contribution >= 4 is 109 Å². The van der Waals surface area contributed by atoms with Crippen LogP contribution in [0, 0.1) is 0 Å². The molecular formula is C118H75N13. The zero-order valence-electron chi connectivity index (χ0n) is 70.6. The molecule has 17 aromatic carbocycles. The summed E-state index contributed by atoms with van der Waals surface area (Å²) in [6, 6.07) is 156. The van der Waals surface area contributed by atoms with Gasteiger partial charge in [0.1, 0.15) is 11.6 Å². The molecule has 26 rings (SSSR count). The van der Waals surface area contributed by atoms with Crippen LogP contribution in [0.5, 0.6) is 0 Å². The smallest absolute Gasteiger partial charge is 0.165 e. The van der Waals surface area contributed by atoms with E-state index in [2.05, 4.69) is 344 Å². The molecule has 0 aliphatic rings. The number of aromatic nitrogens is 13. The Labute approximate surface area is 752 Å². The molecule has 13 heteroatoms. The Bertz CT molecular complexity index is 8590. The van der Waals surface area contributed by atoms with Crippen molar-refractivity contribution in [2.24, 2.45) is 0 Å². The molecule has 26 aromatic rings. The summed E-state index contributed by atoms with van der Waals surface area (Å²) >= 11 is 0. The van der Waals surface area contributed by atoms with Gasteiger partial charge in [0.25, 0.3) is 0 Å². The summed E-state index contributed by atoms with van der Waals surface area (Å²) in [6.45, 7) is 0. The fourth-order valence-electron chi connectivity index (χ4n) is 19.2. The van der Waals surface area contributed by atoms with Crippen LogP contribution in [-0.2, 0) is 0 Å². The highest BCUT2D eigenvalue weighted by atomic mass is 15.1. The Balaban J connectivity index is 0.000000147. The molecule has 0 spiro atoms. The first-order valence-electron chi connectivity index (χ1n) is 44.0. The summed E-state index contributed by atoms with van der Waals surface area (Å²) < 4.78 is 11.6. The maximum atomic E-state index is 5.20. The van der Waals surface area contributed by atoms with E-state index in [0.717, 1.165) is 117 Å². The molecule has 0 aliphatic carbocycles. The van der Waals surface area contributed by atoms with Gasteiger partial charge in [0.05, 0.1) is 55.2 Å². The highest BCUT2D eigenvalue weighted by molar-refractivity contribution is 6.16. The van der Waals surface area contributed by atoms with E-state index in [1.165, 1.54) is 87.3 Å². The minimum atomic E-state index is 0.561. The SMILES string of the molecule is c1ccc(-c2nc(-c3ccccc3)nc(-c3ccc(-n4c5ccc(-c6ccc7c(c6)c6ccccc6n7-c6ccccc6)cc5c5cc(-c6ccc7c(c6)c6ccccc6n7-c6ccccc6)ccc54)nc3)n2)cc1.c1ccc(-c2nc(-c3ccccc3)nc(-c3ccc(-n4c5ccccc5c5cc(-c6ccc7c(c6)c6ccccc6n7-c6ccccc6)ccc54)nc3)n2)cc1. The second-order valence-electron chi connectivity index (χ2n) is 33.0. The third-order valence-electron chi connectivity index (χ3n) is 25.4. The largest absolute Gasteiger partial charge is 0.309 e. The summed E-state index contributed by atoms with van der Waals surface area (Å²) in [5.41, 5.74) is 27.1. The molecule has 0 bridgehead atoms. The summed E-state index contributed by atoms with van der Waals surface area (Å²) in [5, 5.41) is 12.0. The molecule has 0 unspecified atom stereocenters. The lowest BCUT2D eigenvalue weighted by atomic mass is 9.98. The van der Waals surface area contributed by atoms with Crippen molar-refractivity contribution in [3.05, 3.63) is 455 Å². The quantitative estimate of drug-likeness (QED) is 0.105.